The molecule has 2 heterocycles. The monoisotopic (exact) mass is 472 g/mol. The Morgan fingerprint density at radius 2 is 1.79 bits per heavy atom. The van der Waals surface area contributed by atoms with E-state index in [9.17, 15) is 9.90 Å². The molecule has 1 amide bonds. The SMILES string of the molecule is CCC(Sc1c([O-])on[n+]1-c1ccccc1)C(=O)Nc1ccc(-c2nc3ccccc3o2)cc1. The van der Waals surface area contributed by atoms with Crippen molar-refractivity contribution in [3.63, 3.8) is 0 Å². The fourth-order valence-electron chi connectivity index (χ4n) is 3.44. The van der Waals surface area contributed by atoms with Gasteiger partial charge in [0.1, 0.15) is 5.52 Å². The third-order valence-corrected chi connectivity index (χ3v) is 6.58. The van der Waals surface area contributed by atoms with E-state index < -0.39 is 11.2 Å². The number of carbonyl (C=O) groups excluding carboxylic acids is 1. The number of fused-ring (bicyclic) bond motifs is 1. The summed E-state index contributed by atoms with van der Waals surface area (Å²) in [7, 11) is 0. The Morgan fingerprint density at radius 3 is 2.53 bits per heavy atom. The van der Waals surface area contributed by atoms with Crippen molar-refractivity contribution in [2.75, 3.05) is 5.32 Å². The second kappa shape index (κ2) is 9.40. The maximum atomic E-state index is 13.0. The van der Waals surface area contributed by atoms with E-state index in [-0.39, 0.29) is 10.9 Å². The molecule has 1 unspecified atom stereocenters. The maximum Gasteiger partial charge on any atom is 0.298 e. The molecule has 0 radical (unpaired) electrons. The summed E-state index contributed by atoms with van der Waals surface area (Å²) in [5.74, 6) is -0.285. The van der Waals surface area contributed by atoms with Gasteiger partial charge >= 0.3 is 0 Å². The molecule has 5 aromatic rings. The van der Waals surface area contributed by atoms with Crippen LogP contribution in [0.1, 0.15) is 13.3 Å². The average Bonchev–Trinajstić information content (AvgIpc) is 3.47. The van der Waals surface area contributed by atoms with E-state index in [1.807, 2.05) is 73.7 Å². The van der Waals surface area contributed by atoms with Crippen LogP contribution in [0.15, 0.2) is 92.8 Å². The van der Waals surface area contributed by atoms with Gasteiger partial charge in [0.15, 0.2) is 11.5 Å². The number of hydrogen-bond acceptors (Lipinski definition) is 7. The average molecular weight is 473 g/mol. The van der Waals surface area contributed by atoms with E-state index in [2.05, 4.69) is 15.6 Å². The van der Waals surface area contributed by atoms with Gasteiger partial charge in [0.25, 0.3) is 5.03 Å². The Labute approximate surface area is 199 Å². The number of nitrogens with zero attached hydrogens (tertiary/aromatic N) is 3. The van der Waals surface area contributed by atoms with E-state index in [0.717, 1.165) is 28.4 Å². The Hall–Kier alpha value is -4.11. The topological polar surface area (TPSA) is 108 Å². The van der Waals surface area contributed by atoms with Crippen LogP contribution in [0.3, 0.4) is 0 Å². The molecule has 2 aromatic heterocycles. The number of aromatic nitrogens is 3. The normalized spacial score (nSPS) is 12.0. The van der Waals surface area contributed by atoms with Crippen LogP contribution in [0.2, 0.25) is 0 Å². The summed E-state index contributed by atoms with van der Waals surface area (Å²) >= 11 is 1.13. The Kier molecular flexibility index (Phi) is 6.01. The van der Waals surface area contributed by atoms with E-state index in [4.69, 9.17) is 8.94 Å². The number of nitrogens with one attached hydrogen (secondary N) is 1. The van der Waals surface area contributed by atoms with Gasteiger partial charge in [-0.1, -0.05) is 37.3 Å². The number of amides is 1. The molecule has 0 aliphatic rings. The smallest absolute Gasteiger partial charge is 0.298 e. The number of oxazole rings is 1. The molecule has 170 valence electrons. The summed E-state index contributed by atoms with van der Waals surface area (Å²) in [6, 6.07) is 24.0. The summed E-state index contributed by atoms with van der Waals surface area (Å²) < 4.78 is 12.1. The number of para-hydroxylation sites is 3. The second-order valence-electron chi connectivity index (χ2n) is 7.48. The van der Waals surface area contributed by atoms with Gasteiger partial charge in [-0.3, -0.25) is 4.79 Å². The van der Waals surface area contributed by atoms with Crippen molar-refractivity contribution in [1.29, 1.82) is 0 Å². The van der Waals surface area contributed by atoms with E-state index in [1.54, 1.807) is 12.1 Å². The van der Waals surface area contributed by atoms with Crippen molar-refractivity contribution in [3.05, 3.63) is 78.9 Å². The highest BCUT2D eigenvalue weighted by Crippen LogP contribution is 2.30. The zero-order valence-corrected chi connectivity index (χ0v) is 19.0. The quantitative estimate of drug-likeness (QED) is 0.277. The van der Waals surface area contributed by atoms with Gasteiger partial charge in [-0.15, -0.1) is 0 Å². The number of thioether (sulfide) groups is 1. The first kappa shape index (κ1) is 21.7. The third-order valence-electron chi connectivity index (χ3n) is 5.18. The second-order valence-corrected chi connectivity index (χ2v) is 8.67. The van der Waals surface area contributed by atoms with Crippen LogP contribution in [0.5, 0.6) is 5.95 Å². The lowest BCUT2D eigenvalue weighted by Gasteiger charge is -2.13. The summed E-state index contributed by atoms with van der Waals surface area (Å²) in [4.78, 5) is 17.5. The molecule has 3 aromatic carbocycles. The van der Waals surface area contributed by atoms with E-state index >= 15 is 0 Å². The van der Waals surface area contributed by atoms with Crippen molar-refractivity contribution >= 4 is 34.5 Å². The minimum Gasteiger partial charge on any atom is -0.538 e. The molecule has 1 N–H and O–H groups in total. The van der Waals surface area contributed by atoms with Crippen molar-refractivity contribution < 1.29 is 23.5 Å². The van der Waals surface area contributed by atoms with Gasteiger partial charge < -0.3 is 19.4 Å². The minimum absolute atomic E-state index is 0.220. The van der Waals surface area contributed by atoms with Crippen LogP contribution in [0, 0.1) is 0 Å². The van der Waals surface area contributed by atoms with Crippen LogP contribution >= 0.6 is 11.8 Å². The zero-order chi connectivity index (χ0) is 23.5. The molecular weight excluding hydrogens is 452 g/mol. The third kappa shape index (κ3) is 4.38. The predicted octanol–water partition coefficient (Wildman–Crippen LogP) is 4.34. The lowest BCUT2D eigenvalue weighted by atomic mass is 10.2. The van der Waals surface area contributed by atoms with Crippen LogP contribution in [-0.2, 0) is 4.79 Å². The Bertz CT molecular complexity index is 1400. The first-order valence-electron chi connectivity index (χ1n) is 10.7. The highest BCUT2D eigenvalue weighted by atomic mass is 32.2. The molecule has 5 rings (SSSR count). The summed E-state index contributed by atoms with van der Waals surface area (Å²) in [5.41, 5.74) is 3.63. The van der Waals surface area contributed by atoms with Crippen molar-refractivity contribution in [1.82, 2.24) is 10.3 Å². The standard InChI is InChI=1S/C25H20N4O4S/c1-2-21(34-24-25(31)33-28-29(24)18-8-4-3-5-9-18)22(30)26-17-14-12-16(13-15-17)23-27-19-10-6-7-11-20(19)32-23/h3-15,21H,2H2,1H3,(H-,26,27,28,30,31). The minimum atomic E-state index is -0.581. The molecule has 0 saturated carbocycles. The van der Waals surface area contributed by atoms with Crippen LogP contribution in [0.25, 0.3) is 28.2 Å². The van der Waals surface area contributed by atoms with Gasteiger partial charge in [0.05, 0.1) is 10.5 Å². The molecule has 0 fully saturated rings. The largest absolute Gasteiger partial charge is 0.538 e. The maximum absolute atomic E-state index is 13.0. The van der Waals surface area contributed by atoms with Gasteiger partial charge in [-0.2, -0.15) is 0 Å². The molecule has 1 atom stereocenters. The molecule has 0 bridgehead atoms. The summed E-state index contributed by atoms with van der Waals surface area (Å²) in [6.45, 7) is 1.89. The van der Waals surface area contributed by atoms with E-state index in [1.165, 1.54) is 4.68 Å². The van der Waals surface area contributed by atoms with Crippen molar-refractivity contribution in [3.8, 4) is 23.1 Å². The fourth-order valence-corrected chi connectivity index (χ4v) is 4.42. The number of carbonyl (C=O) groups is 1. The van der Waals surface area contributed by atoms with Crippen LogP contribution in [0.4, 0.5) is 5.69 Å². The van der Waals surface area contributed by atoms with Gasteiger partial charge in [-0.25, -0.2) is 4.98 Å². The molecule has 8 nitrogen and oxygen atoms in total. The van der Waals surface area contributed by atoms with Gasteiger partial charge in [-0.05, 0) is 59.3 Å². The van der Waals surface area contributed by atoms with Crippen molar-refractivity contribution in [2.24, 2.45) is 0 Å². The molecule has 0 aliphatic heterocycles. The molecule has 0 saturated heterocycles. The first-order valence-corrected chi connectivity index (χ1v) is 11.6. The summed E-state index contributed by atoms with van der Waals surface area (Å²) in [6.07, 6.45) is 0.511. The Morgan fingerprint density at radius 1 is 1.06 bits per heavy atom. The Balaban J connectivity index is 1.30. The lowest BCUT2D eigenvalue weighted by Crippen LogP contribution is -2.36. The van der Waals surface area contributed by atoms with Gasteiger partial charge in [0, 0.05) is 23.4 Å². The zero-order valence-electron chi connectivity index (χ0n) is 18.2. The number of benzene rings is 3. The van der Waals surface area contributed by atoms with E-state index in [0.29, 0.717) is 23.7 Å². The predicted molar refractivity (Wildman–Crippen MR) is 125 cm³/mol. The molecule has 9 heteroatoms. The highest BCUT2D eigenvalue weighted by Gasteiger charge is 2.28. The van der Waals surface area contributed by atoms with Crippen LogP contribution in [-0.4, -0.2) is 21.4 Å². The molecular formula is C25H20N4O4S. The fraction of sp³-hybridized carbons (Fsp3) is 0.120. The van der Waals surface area contributed by atoms with Crippen molar-refractivity contribution in [2.45, 2.75) is 23.6 Å². The number of rotatable bonds is 7. The first-order chi connectivity index (χ1) is 16.6. The lowest BCUT2D eigenvalue weighted by molar-refractivity contribution is -0.705. The van der Waals surface area contributed by atoms with Gasteiger partial charge in [0.2, 0.25) is 17.5 Å². The number of hydrogen-bond donors (Lipinski definition) is 1. The molecule has 0 aliphatic carbocycles. The highest BCUT2D eigenvalue weighted by molar-refractivity contribution is 8.00. The summed E-state index contributed by atoms with van der Waals surface area (Å²) in [5, 5.41) is 18.7. The molecule has 0 spiro atoms. The number of anilines is 1. The molecule has 34 heavy (non-hydrogen) atoms. The van der Waals surface area contributed by atoms with Crippen LogP contribution < -0.4 is 15.1 Å².